The minimum absolute atomic E-state index is 0.783. The van der Waals surface area contributed by atoms with Gasteiger partial charge in [-0.25, -0.2) is 0 Å². The average Bonchev–Trinajstić information content (AvgIpc) is 2.31. The Labute approximate surface area is 101 Å². The third-order valence-corrected chi connectivity index (χ3v) is 2.51. The van der Waals surface area contributed by atoms with Crippen molar-refractivity contribution in [3.63, 3.8) is 0 Å². The van der Waals surface area contributed by atoms with Gasteiger partial charge in [-0.2, -0.15) is 0 Å². The van der Waals surface area contributed by atoms with Crippen LogP contribution in [0.4, 0.5) is 5.69 Å². The molecule has 2 aromatic rings. The largest absolute Gasteiger partial charge is 0.350 e. The predicted molar refractivity (Wildman–Crippen MR) is 72.8 cm³/mol. The van der Waals surface area contributed by atoms with Crippen molar-refractivity contribution < 1.29 is 0 Å². The fourth-order valence-corrected chi connectivity index (χ4v) is 1.79. The van der Waals surface area contributed by atoms with E-state index in [1.165, 1.54) is 5.56 Å². The van der Waals surface area contributed by atoms with Crippen LogP contribution in [0.2, 0.25) is 0 Å². The number of benzene rings is 2. The first-order chi connectivity index (χ1) is 7.84. The lowest BCUT2D eigenvalue weighted by Gasteiger charge is -2.07. The molecule has 0 fully saturated rings. The molecular formula is C14H13NS. The number of nitrogens with one attached hydrogen (secondary N) is 1. The standard InChI is InChI=1S/C14H13NS/c16-14(11-12-7-3-1-4-8-12)15-13-9-5-2-6-10-13/h1-10H,11H2,(H,15,16). The zero-order valence-electron chi connectivity index (χ0n) is 8.89. The van der Waals surface area contributed by atoms with Crippen LogP contribution in [-0.2, 0) is 6.42 Å². The van der Waals surface area contributed by atoms with Gasteiger partial charge in [0, 0.05) is 12.1 Å². The summed E-state index contributed by atoms with van der Waals surface area (Å²) in [5.41, 5.74) is 2.28. The summed E-state index contributed by atoms with van der Waals surface area (Å²) < 4.78 is 0. The van der Waals surface area contributed by atoms with Crippen molar-refractivity contribution in [3.8, 4) is 0 Å². The van der Waals surface area contributed by atoms with Crippen LogP contribution in [-0.4, -0.2) is 4.99 Å². The van der Waals surface area contributed by atoms with Gasteiger partial charge in [-0.1, -0.05) is 60.7 Å². The van der Waals surface area contributed by atoms with Gasteiger partial charge in [-0.15, -0.1) is 0 Å². The Bertz CT molecular complexity index is 407. The fourth-order valence-electron chi connectivity index (χ4n) is 1.51. The molecule has 1 N–H and O–H groups in total. The summed E-state index contributed by atoms with van der Waals surface area (Å²) in [4.78, 5) is 0.845. The lowest BCUT2D eigenvalue weighted by Crippen LogP contribution is -2.11. The first-order valence-corrected chi connectivity index (χ1v) is 5.64. The highest BCUT2D eigenvalue weighted by Gasteiger charge is 1.98. The van der Waals surface area contributed by atoms with Crippen LogP contribution in [0.5, 0.6) is 0 Å². The number of anilines is 1. The topological polar surface area (TPSA) is 12.0 Å². The Balaban J connectivity index is 1.95. The molecule has 1 nitrogen and oxygen atoms in total. The van der Waals surface area contributed by atoms with Crippen molar-refractivity contribution in [3.05, 3.63) is 66.2 Å². The van der Waals surface area contributed by atoms with Crippen LogP contribution < -0.4 is 5.32 Å². The van der Waals surface area contributed by atoms with E-state index in [4.69, 9.17) is 12.2 Å². The second-order valence-corrected chi connectivity index (χ2v) is 4.07. The van der Waals surface area contributed by atoms with Crippen LogP contribution in [0.1, 0.15) is 5.56 Å². The Hall–Kier alpha value is -1.67. The van der Waals surface area contributed by atoms with Gasteiger partial charge in [0.25, 0.3) is 0 Å². The molecule has 2 rings (SSSR count). The molecule has 0 bridgehead atoms. The molecular weight excluding hydrogens is 214 g/mol. The monoisotopic (exact) mass is 227 g/mol. The van der Waals surface area contributed by atoms with Crippen LogP contribution in [0.15, 0.2) is 60.7 Å². The lowest BCUT2D eigenvalue weighted by atomic mass is 10.1. The zero-order valence-corrected chi connectivity index (χ0v) is 9.71. The smallest absolute Gasteiger partial charge is 0.0841 e. The Kier molecular flexibility index (Phi) is 3.67. The molecule has 0 aliphatic heterocycles. The minimum Gasteiger partial charge on any atom is -0.350 e. The molecule has 0 radical (unpaired) electrons. The average molecular weight is 227 g/mol. The summed E-state index contributed by atoms with van der Waals surface area (Å²) >= 11 is 5.31. The normalized spacial score (nSPS) is 9.75. The number of hydrogen-bond donors (Lipinski definition) is 1. The van der Waals surface area contributed by atoms with Crippen LogP contribution in [0.3, 0.4) is 0 Å². The molecule has 0 saturated carbocycles. The van der Waals surface area contributed by atoms with Crippen molar-refractivity contribution in [1.29, 1.82) is 0 Å². The third-order valence-electron chi connectivity index (χ3n) is 2.27. The second-order valence-electron chi connectivity index (χ2n) is 3.58. The van der Waals surface area contributed by atoms with Gasteiger partial charge in [-0.05, 0) is 17.7 Å². The highest BCUT2D eigenvalue weighted by Crippen LogP contribution is 2.07. The first-order valence-electron chi connectivity index (χ1n) is 5.23. The van der Waals surface area contributed by atoms with Gasteiger partial charge in [0.05, 0.1) is 4.99 Å². The number of rotatable bonds is 3. The predicted octanol–water partition coefficient (Wildman–Crippen LogP) is 3.67. The summed E-state index contributed by atoms with van der Waals surface area (Å²) in [7, 11) is 0. The summed E-state index contributed by atoms with van der Waals surface area (Å²) in [5.74, 6) is 0. The summed E-state index contributed by atoms with van der Waals surface area (Å²) in [6, 6.07) is 20.2. The minimum atomic E-state index is 0.783. The van der Waals surface area contributed by atoms with Gasteiger partial charge in [0.2, 0.25) is 0 Å². The number of hydrogen-bond acceptors (Lipinski definition) is 1. The van der Waals surface area contributed by atoms with E-state index in [0.717, 1.165) is 17.1 Å². The molecule has 0 spiro atoms. The lowest BCUT2D eigenvalue weighted by molar-refractivity contribution is 1.34. The molecule has 0 aromatic heterocycles. The molecule has 0 aliphatic rings. The SMILES string of the molecule is S=C(Cc1ccccc1)Nc1ccccc1. The molecule has 0 unspecified atom stereocenters. The molecule has 0 saturated heterocycles. The number of thiocarbonyl (C=S) groups is 1. The van der Waals surface area contributed by atoms with Crippen molar-refractivity contribution in [2.45, 2.75) is 6.42 Å². The highest BCUT2D eigenvalue weighted by atomic mass is 32.1. The number of para-hydroxylation sites is 1. The zero-order chi connectivity index (χ0) is 11.2. The molecule has 0 amide bonds. The maximum Gasteiger partial charge on any atom is 0.0841 e. The Morgan fingerprint density at radius 2 is 1.44 bits per heavy atom. The molecule has 2 heteroatoms. The van der Waals surface area contributed by atoms with E-state index in [-0.39, 0.29) is 0 Å². The van der Waals surface area contributed by atoms with Crippen molar-refractivity contribution in [1.82, 2.24) is 0 Å². The van der Waals surface area contributed by atoms with E-state index in [0.29, 0.717) is 0 Å². The molecule has 0 atom stereocenters. The van der Waals surface area contributed by atoms with Crippen molar-refractivity contribution in [2.24, 2.45) is 0 Å². The quantitative estimate of drug-likeness (QED) is 0.803. The second kappa shape index (κ2) is 5.42. The summed E-state index contributed by atoms with van der Waals surface area (Å²) in [6.07, 6.45) is 0.783. The van der Waals surface area contributed by atoms with Crippen LogP contribution in [0.25, 0.3) is 0 Å². The molecule has 2 aromatic carbocycles. The highest BCUT2D eigenvalue weighted by molar-refractivity contribution is 7.80. The van der Waals surface area contributed by atoms with Gasteiger partial charge in [0.1, 0.15) is 0 Å². The van der Waals surface area contributed by atoms with Gasteiger partial charge >= 0.3 is 0 Å². The van der Waals surface area contributed by atoms with E-state index in [9.17, 15) is 0 Å². The van der Waals surface area contributed by atoms with Crippen LogP contribution in [0, 0.1) is 0 Å². The molecule has 0 aliphatic carbocycles. The molecule has 0 heterocycles. The maximum absolute atomic E-state index is 5.31. The van der Waals surface area contributed by atoms with Crippen molar-refractivity contribution >= 4 is 22.9 Å². The summed E-state index contributed by atoms with van der Waals surface area (Å²) in [5, 5.41) is 3.22. The first kappa shape index (κ1) is 10.8. The Morgan fingerprint density at radius 3 is 2.06 bits per heavy atom. The van der Waals surface area contributed by atoms with E-state index >= 15 is 0 Å². The molecule has 16 heavy (non-hydrogen) atoms. The van der Waals surface area contributed by atoms with Crippen molar-refractivity contribution in [2.75, 3.05) is 5.32 Å². The summed E-state index contributed by atoms with van der Waals surface area (Å²) in [6.45, 7) is 0. The van der Waals surface area contributed by atoms with Gasteiger partial charge in [0.15, 0.2) is 0 Å². The molecule has 80 valence electrons. The third kappa shape index (κ3) is 3.17. The van der Waals surface area contributed by atoms with Crippen LogP contribution >= 0.6 is 12.2 Å². The van der Waals surface area contributed by atoms with Gasteiger partial charge in [-0.3, -0.25) is 0 Å². The Morgan fingerprint density at radius 1 is 0.875 bits per heavy atom. The van der Waals surface area contributed by atoms with E-state index in [1.807, 2.05) is 48.5 Å². The van der Waals surface area contributed by atoms with E-state index < -0.39 is 0 Å². The fraction of sp³-hybridized carbons (Fsp3) is 0.0714. The van der Waals surface area contributed by atoms with Gasteiger partial charge < -0.3 is 5.32 Å². The van der Waals surface area contributed by atoms with E-state index in [2.05, 4.69) is 17.4 Å². The van der Waals surface area contributed by atoms with E-state index in [1.54, 1.807) is 0 Å². The maximum atomic E-state index is 5.31.